The normalized spacial score (nSPS) is 15.0. The van der Waals surface area contributed by atoms with Gasteiger partial charge in [-0.05, 0) is 83.6 Å². The molecule has 1 aliphatic rings. The van der Waals surface area contributed by atoms with Crippen LogP contribution in [0.15, 0.2) is 53.2 Å². The second-order valence-corrected chi connectivity index (χ2v) is 10.3. The average Bonchev–Trinajstić information content (AvgIpc) is 3.38. The van der Waals surface area contributed by atoms with Gasteiger partial charge < -0.3 is 29.7 Å². The molecule has 2 N–H and O–H groups in total. The summed E-state index contributed by atoms with van der Waals surface area (Å²) in [5.74, 6) is 0.799. The summed E-state index contributed by atoms with van der Waals surface area (Å²) in [4.78, 5) is 39.9. The first-order valence-corrected chi connectivity index (χ1v) is 14.2. The summed E-state index contributed by atoms with van der Waals surface area (Å²) in [5, 5.41) is 9.76. The van der Waals surface area contributed by atoms with E-state index in [1.54, 1.807) is 54.7 Å². The maximum atomic E-state index is 13.8. The number of hydrogen-bond acceptors (Lipinski definition) is 7. The zero-order chi connectivity index (χ0) is 28.5. The van der Waals surface area contributed by atoms with Gasteiger partial charge in [0.25, 0.3) is 5.91 Å². The summed E-state index contributed by atoms with van der Waals surface area (Å²) in [5.41, 5.74) is 2.94. The molecule has 3 aromatic rings. The number of ether oxygens (including phenoxy) is 3. The van der Waals surface area contributed by atoms with Gasteiger partial charge in [-0.3, -0.25) is 14.4 Å². The minimum absolute atomic E-state index is 0.159. The van der Waals surface area contributed by atoms with E-state index in [1.165, 1.54) is 12.5 Å². The Balaban J connectivity index is 1.61. The summed E-state index contributed by atoms with van der Waals surface area (Å²) in [6, 6.07) is 11.7. The Morgan fingerprint density at radius 2 is 1.77 bits per heavy atom. The summed E-state index contributed by atoms with van der Waals surface area (Å²) < 4.78 is 17.4. The molecular weight excluding hydrogens is 530 g/mol. The number of carbonyl (C=O) groups excluding carboxylic acids is 3. The fourth-order valence-electron chi connectivity index (χ4n) is 4.68. The van der Waals surface area contributed by atoms with Crippen LogP contribution in [0.2, 0.25) is 0 Å². The van der Waals surface area contributed by atoms with E-state index in [9.17, 15) is 14.4 Å². The Labute approximate surface area is 238 Å². The molecule has 9 nitrogen and oxygen atoms in total. The molecule has 0 spiro atoms. The fourth-order valence-corrected chi connectivity index (χ4v) is 5.38. The largest absolute Gasteiger partial charge is 0.493 e. The van der Waals surface area contributed by atoms with E-state index in [1.807, 2.05) is 17.5 Å². The summed E-state index contributed by atoms with van der Waals surface area (Å²) in [6.45, 7) is 2.62. The lowest BCUT2D eigenvalue weighted by Gasteiger charge is -2.30. The topological polar surface area (TPSA) is 106 Å². The van der Waals surface area contributed by atoms with Crippen molar-refractivity contribution in [3.8, 4) is 17.2 Å². The van der Waals surface area contributed by atoms with Crippen molar-refractivity contribution in [2.45, 2.75) is 45.2 Å². The highest BCUT2D eigenvalue weighted by Crippen LogP contribution is 2.39. The van der Waals surface area contributed by atoms with Crippen LogP contribution in [0.3, 0.4) is 0 Å². The van der Waals surface area contributed by atoms with E-state index in [0.717, 1.165) is 24.8 Å². The molecule has 212 valence electrons. The highest BCUT2D eigenvalue weighted by Gasteiger charge is 2.32. The monoisotopic (exact) mass is 565 g/mol. The van der Waals surface area contributed by atoms with E-state index in [0.29, 0.717) is 48.1 Å². The highest BCUT2D eigenvalue weighted by atomic mass is 32.1. The number of hydrogen-bond donors (Lipinski definition) is 2. The van der Waals surface area contributed by atoms with Crippen LogP contribution in [-0.4, -0.2) is 56.0 Å². The number of amides is 3. The van der Waals surface area contributed by atoms with Crippen molar-refractivity contribution in [3.05, 3.63) is 69.9 Å². The summed E-state index contributed by atoms with van der Waals surface area (Å²) >= 11 is 1.64. The molecule has 10 heteroatoms. The molecule has 0 aliphatic carbocycles. The van der Waals surface area contributed by atoms with Crippen molar-refractivity contribution >= 4 is 34.7 Å². The highest BCUT2D eigenvalue weighted by molar-refractivity contribution is 7.07. The second kappa shape index (κ2) is 13.8. The maximum absolute atomic E-state index is 13.8. The third kappa shape index (κ3) is 7.32. The molecule has 1 saturated heterocycles. The number of benzene rings is 2. The van der Waals surface area contributed by atoms with E-state index in [-0.39, 0.29) is 24.3 Å². The molecule has 1 aromatic heterocycles. The van der Waals surface area contributed by atoms with Crippen molar-refractivity contribution < 1.29 is 28.6 Å². The van der Waals surface area contributed by atoms with Gasteiger partial charge in [0.15, 0.2) is 11.5 Å². The first-order valence-electron chi connectivity index (χ1n) is 13.2. The molecule has 3 amide bonds. The van der Waals surface area contributed by atoms with Crippen LogP contribution in [0, 0.1) is 0 Å². The molecule has 40 heavy (non-hydrogen) atoms. The third-order valence-corrected chi connectivity index (χ3v) is 7.42. The molecule has 0 radical (unpaired) electrons. The minimum Gasteiger partial charge on any atom is -0.493 e. The third-order valence-electron chi connectivity index (χ3n) is 6.69. The summed E-state index contributed by atoms with van der Waals surface area (Å²) in [6.07, 6.45) is 2.98. The van der Waals surface area contributed by atoms with Crippen molar-refractivity contribution in [1.29, 1.82) is 0 Å². The van der Waals surface area contributed by atoms with Crippen molar-refractivity contribution in [3.63, 3.8) is 0 Å². The molecular formula is C30H35N3O6S. The van der Waals surface area contributed by atoms with Crippen LogP contribution in [0.4, 0.5) is 5.69 Å². The van der Waals surface area contributed by atoms with Crippen LogP contribution in [0.1, 0.15) is 47.7 Å². The lowest BCUT2D eigenvalue weighted by molar-refractivity contribution is -0.125. The molecule has 0 bridgehead atoms. The number of carbonyl (C=O) groups is 3. The zero-order valence-corrected chi connectivity index (χ0v) is 23.8. The van der Waals surface area contributed by atoms with E-state index < -0.39 is 6.04 Å². The van der Waals surface area contributed by atoms with Gasteiger partial charge in [-0.1, -0.05) is 0 Å². The molecule has 2 aromatic carbocycles. The Bertz CT molecular complexity index is 1280. The Morgan fingerprint density at radius 1 is 1.05 bits per heavy atom. The number of nitrogens with zero attached hydrogens (tertiary/aromatic N) is 1. The van der Waals surface area contributed by atoms with Crippen molar-refractivity contribution in [2.75, 3.05) is 32.7 Å². The Kier molecular flexibility index (Phi) is 10.0. The molecule has 1 aliphatic heterocycles. The van der Waals surface area contributed by atoms with Crippen molar-refractivity contribution in [2.24, 2.45) is 0 Å². The SMILES string of the molecule is COc1cc(CN(C(=O)c2ccc(NC(C)=O)cc2)[C@H]2CCCCNC2=O)cc(OC)c1OCCc1ccsc1. The lowest BCUT2D eigenvalue weighted by atomic mass is 10.0. The van der Waals surface area contributed by atoms with Crippen LogP contribution < -0.4 is 24.8 Å². The Morgan fingerprint density at radius 3 is 2.40 bits per heavy atom. The van der Waals surface area contributed by atoms with Gasteiger partial charge in [0.1, 0.15) is 6.04 Å². The van der Waals surface area contributed by atoms with Gasteiger partial charge in [-0.2, -0.15) is 11.3 Å². The molecule has 0 saturated carbocycles. The standard InChI is InChI=1S/C30H35N3O6S/c1-20(34)32-24-9-7-23(8-10-24)30(36)33(25-6-4-5-13-31-29(25)35)18-22-16-26(37-2)28(27(17-22)38-3)39-14-11-21-12-15-40-19-21/h7-10,12,15-17,19,25H,4-6,11,13-14,18H2,1-3H3,(H,31,35)(H,32,34)/t25-/m0/s1. The fraction of sp³-hybridized carbons (Fsp3) is 0.367. The van der Waals surface area contributed by atoms with E-state index >= 15 is 0 Å². The predicted molar refractivity (Wildman–Crippen MR) is 154 cm³/mol. The van der Waals surface area contributed by atoms with Crippen LogP contribution in [-0.2, 0) is 22.6 Å². The Hall–Kier alpha value is -4.05. The molecule has 2 heterocycles. The molecule has 1 atom stereocenters. The molecule has 0 unspecified atom stereocenters. The average molecular weight is 566 g/mol. The number of methoxy groups -OCH3 is 2. The van der Waals surface area contributed by atoms with Crippen LogP contribution in [0.5, 0.6) is 17.2 Å². The smallest absolute Gasteiger partial charge is 0.254 e. The minimum atomic E-state index is -0.636. The first-order chi connectivity index (χ1) is 19.4. The van der Waals surface area contributed by atoms with Gasteiger partial charge in [0.05, 0.1) is 20.8 Å². The lowest BCUT2D eigenvalue weighted by Crippen LogP contribution is -2.48. The van der Waals surface area contributed by atoms with Gasteiger partial charge in [-0.25, -0.2) is 0 Å². The summed E-state index contributed by atoms with van der Waals surface area (Å²) in [7, 11) is 3.12. The first kappa shape index (κ1) is 28.9. The predicted octanol–water partition coefficient (Wildman–Crippen LogP) is 4.66. The van der Waals surface area contributed by atoms with Gasteiger partial charge >= 0.3 is 0 Å². The van der Waals surface area contributed by atoms with Gasteiger partial charge in [-0.15, -0.1) is 0 Å². The van der Waals surface area contributed by atoms with E-state index in [4.69, 9.17) is 14.2 Å². The van der Waals surface area contributed by atoms with E-state index in [2.05, 4.69) is 22.1 Å². The number of nitrogens with one attached hydrogen (secondary N) is 2. The van der Waals surface area contributed by atoms with Gasteiger partial charge in [0, 0.05) is 37.7 Å². The molecule has 4 rings (SSSR count). The van der Waals surface area contributed by atoms with Gasteiger partial charge in [0.2, 0.25) is 17.6 Å². The van der Waals surface area contributed by atoms with Crippen LogP contribution in [0.25, 0.3) is 0 Å². The van der Waals surface area contributed by atoms with Crippen molar-refractivity contribution in [1.82, 2.24) is 10.2 Å². The molecule has 1 fully saturated rings. The second-order valence-electron chi connectivity index (χ2n) is 9.55. The maximum Gasteiger partial charge on any atom is 0.254 e. The zero-order valence-electron chi connectivity index (χ0n) is 23.0. The quantitative estimate of drug-likeness (QED) is 0.351. The number of anilines is 1. The van der Waals surface area contributed by atoms with Crippen LogP contribution >= 0.6 is 11.3 Å². The number of rotatable bonds is 11. The number of thiophene rings is 1.